The lowest BCUT2D eigenvalue weighted by Crippen LogP contribution is -2.14. The number of carbonyl (C=O) groups is 1. The summed E-state index contributed by atoms with van der Waals surface area (Å²) in [6.07, 6.45) is 0. The summed E-state index contributed by atoms with van der Waals surface area (Å²) >= 11 is 1.23. The van der Waals surface area contributed by atoms with Crippen molar-refractivity contribution < 1.29 is 18.7 Å². The van der Waals surface area contributed by atoms with Gasteiger partial charge in [0.05, 0.1) is 31.1 Å². The van der Waals surface area contributed by atoms with Crippen LogP contribution in [-0.2, 0) is 4.74 Å². The van der Waals surface area contributed by atoms with Gasteiger partial charge in [-0.05, 0) is 39.0 Å². The van der Waals surface area contributed by atoms with Crippen LogP contribution in [0.2, 0.25) is 0 Å². The number of Topliss-reactive ketones (excluding diaryl/α,β-unsaturated/α-hetero) is 1. The van der Waals surface area contributed by atoms with Gasteiger partial charge < -0.3 is 18.5 Å². The summed E-state index contributed by atoms with van der Waals surface area (Å²) in [4.78, 5) is 12.8. The number of methoxy groups -OCH3 is 2. The van der Waals surface area contributed by atoms with E-state index in [1.54, 1.807) is 14.2 Å². The van der Waals surface area contributed by atoms with Crippen LogP contribution in [0.3, 0.4) is 0 Å². The highest BCUT2D eigenvalue weighted by Gasteiger charge is 2.20. The first-order valence-corrected chi connectivity index (χ1v) is 10.2. The molecule has 0 aliphatic heterocycles. The van der Waals surface area contributed by atoms with Gasteiger partial charge in [0, 0.05) is 24.1 Å². The van der Waals surface area contributed by atoms with E-state index in [1.165, 1.54) is 11.8 Å². The number of ether oxygens (including phenoxy) is 2. The lowest BCUT2D eigenvalue weighted by atomic mass is 10.2. The SMILES string of the molecule is COC[C@@H](C)n1c(C)cc(C(=O)CSc2nnc(-c3ccccc3OC)o2)c1C. The minimum atomic E-state index is 0.0241. The fourth-order valence-electron chi connectivity index (χ4n) is 3.46. The van der Waals surface area contributed by atoms with Crippen molar-refractivity contribution in [3.05, 3.63) is 47.3 Å². The minimum Gasteiger partial charge on any atom is -0.496 e. The third-order valence-corrected chi connectivity index (χ3v) is 5.52. The number of ketones is 1. The van der Waals surface area contributed by atoms with E-state index >= 15 is 0 Å². The van der Waals surface area contributed by atoms with Gasteiger partial charge in [-0.2, -0.15) is 0 Å². The average Bonchev–Trinajstić information content (AvgIpc) is 3.30. The molecule has 0 N–H and O–H groups in total. The summed E-state index contributed by atoms with van der Waals surface area (Å²) < 4.78 is 18.4. The monoisotopic (exact) mass is 415 g/mol. The van der Waals surface area contributed by atoms with Gasteiger partial charge in [0.25, 0.3) is 11.1 Å². The molecule has 2 aromatic heterocycles. The molecule has 0 aliphatic rings. The highest BCUT2D eigenvalue weighted by Crippen LogP contribution is 2.31. The number of nitrogens with zero attached hydrogens (tertiary/aromatic N) is 3. The zero-order valence-corrected chi connectivity index (χ0v) is 18.1. The van der Waals surface area contributed by atoms with Crippen LogP contribution in [0.5, 0.6) is 5.75 Å². The quantitative estimate of drug-likeness (QED) is 0.380. The number of carbonyl (C=O) groups excluding carboxylic acids is 1. The first kappa shape index (κ1) is 21.1. The molecule has 29 heavy (non-hydrogen) atoms. The first-order valence-electron chi connectivity index (χ1n) is 9.26. The molecule has 0 bridgehead atoms. The summed E-state index contributed by atoms with van der Waals surface area (Å²) in [7, 11) is 3.27. The lowest BCUT2D eigenvalue weighted by Gasteiger charge is -2.17. The van der Waals surface area contributed by atoms with Gasteiger partial charge in [0.2, 0.25) is 0 Å². The molecule has 7 nitrogen and oxygen atoms in total. The van der Waals surface area contributed by atoms with Gasteiger partial charge in [-0.25, -0.2) is 0 Å². The Labute approximate surface area is 174 Å². The molecule has 0 saturated carbocycles. The maximum Gasteiger partial charge on any atom is 0.277 e. The highest BCUT2D eigenvalue weighted by atomic mass is 32.2. The van der Waals surface area contributed by atoms with Gasteiger partial charge >= 0.3 is 0 Å². The second-order valence-corrected chi connectivity index (χ2v) is 7.67. The number of thioether (sulfide) groups is 1. The normalized spacial score (nSPS) is 12.2. The van der Waals surface area contributed by atoms with Crippen molar-refractivity contribution in [2.45, 2.75) is 32.0 Å². The molecule has 0 unspecified atom stereocenters. The fourth-order valence-corrected chi connectivity index (χ4v) is 4.10. The van der Waals surface area contributed by atoms with Crippen molar-refractivity contribution in [3.63, 3.8) is 0 Å². The molecule has 0 spiro atoms. The van der Waals surface area contributed by atoms with Gasteiger partial charge in [-0.3, -0.25) is 4.79 Å². The standard InChI is InChI=1S/C21H25N3O4S/c1-13-10-17(15(3)24(13)14(2)11-26-4)18(25)12-29-21-23-22-20(28-21)16-8-6-7-9-19(16)27-5/h6-10,14H,11-12H2,1-5H3/t14-/m1/s1. The third-order valence-electron chi connectivity index (χ3n) is 4.70. The van der Waals surface area contributed by atoms with Gasteiger partial charge in [0.15, 0.2) is 5.78 Å². The molecule has 0 fully saturated rings. The first-order chi connectivity index (χ1) is 14.0. The Morgan fingerprint density at radius 3 is 2.72 bits per heavy atom. The molecular formula is C21H25N3O4S. The lowest BCUT2D eigenvalue weighted by molar-refractivity contribution is 0.102. The van der Waals surface area contributed by atoms with Crippen LogP contribution in [0, 0.1) is 13.8 Å². The summed E-state index contributed by atoms with van der Waals surface area (Å²) in [6, 6.07) is 9.51. The van der Waals surface area contributed by atoms with E-state index in [0.29, 0.717) is 29.0 Å². The van der Waals surface area contributed by atoms with E-state index in [-0.39, 0.29) is 17.6 Å². The summed E-state index contributed by atoms with van der Waals surface area (Å²) in [5.74, 6) is 1.26. The van der Waals surface area contributed by atoms with Gasteiger partial charge in [-0.1, -0.05) is 23.9 Å². The largest absolute Gasteiger partial charge is 0.496 e. The van der Waals surface area contributed by atoms with Crippen LogP contribution in [0.1, 0.15) is 34.7 Å². The fraction of sp³-hybridized carbons (Fsp3) is 0.381. The Morgan fingerprint density at radius 1 is 1.24 bits per heavy atom. The number of rotatable bonds is 9. The minimum absolute atomic E-state index is 0.0241. The smallest absolute Gasteiger partial charge is 0.277 e. The highest BCUT2D eigenvalue weighted by molar-refractivity contribution is 7.99. The molecule has 1 aromatic carbocycles. The Hall–Kier alpha value is -2.58. The van der Waals surface area contributed by atoms with Crippen LogP contribution in [0.15, 0.2) is 40.0 Å². The Bertz CT molecular complexity index is 996. The van der Waals surface area contributed by atoms with Crippen LogP contribution in [-0.4, -0.2) is 47.1 Å². The van der Waals surface area contributed by atoms with Crippen molar-refractivity contribution in [2.24, 2.45) is 0 Å². The zero-order chi connectivity index (χ0) is 21.0. The molecule has 0 saturated heterocycles. The molecular weight excluding hydrogens is 390 g/mol. The van der Waals surface area contributed by atoms with Crippen LogP contribution in [0.4, 0.5) is 0 Å². The maximum atomic E-state index is 12.8. The Morgan fingerprint density at radius 2 is 2.00 bits per heavy atom. The van der Waals surface area contributed by atoms with Crippen molar-refractivity contribution in [1.29, 1.82) is 0 Å². The number of hydrogen-bond donors (Lipinski definition) is 0. The van der Waals surface area contributed by atoms with Crippen LogP contribution in [0.25, 0.3) is 11.5 Å². The average molecular weight is 416 g/mol. The van der Waals surface area contributed by atoms with Crippen molar-refractivity contribution >= 4 is 17.5 Å². The topological polar surface area (TPSA) is 79.4 Å². The summed E-state index contributed by atoms with van der Waals surface area (Å²) in [5, 5.41) is 8.47. The van der Waals surface area contributed by atoms with Crippen molar-refractivity contribution in [3.8, 4) is 17.2 Å². The maximum absolute atomic E-state index is 12.8. The summed E-state index contributed by atoms with van der Waals surface area (Å²) in [6.45, 7) is 6.63. The second kappa shape index (κ2) is 9.28. The predicted octanol–water partition coefficient (Wildman–Crippen LogP) is 4.35. The van der Waals surface area contributed by atoms with E-state index in [2.05, 4.69) is 21.7 Å². The van der Waals surface area contributed by atoms with E-state index in [0.717, 1.165) is 17.0 Å². The van der Waals surface area contributed by atoms with Gasteiger partial charge in [0.1, 0.15) is 5.75 Å². The molecule has 0 radical (unpaired) electrons. The molecule has 2 heterocycles. The molecule has 1 atom stereocenters. The van der Waals surface area contributed by atoms with E-state index in [9.17, 15) is 4.79 Å². The zero-order valence-electron chi connectivity index (χ0n) is 17.3. The molecule has 3 rings (SSSR count). The third kappa shape index (κ3) is 4.54. The van der Waals surface area contributed by atoms with Crippen molar-refractivity contribution in [1.82, 2.24) is 14.8 Å². The molecule has 0 amide bonds. The number of para-hydroxylation sites is 1. The van der Waals surface area contributed by atoms with E-state index < -0.39 is 0 Å². The van der Waals surface area contributed by atoms with Crippen LogP contribution < -0.4 is 4.74 Å². The van der Waals surface area contributed by atoms with Crippen LogP contribution >= 0.6 is 11.8 Å². The number of aromatic nitrogens is 3. The number of aryl methyl sites for hydroxylation is 1. The predicted molar refractivity (Wildman–Crippen MR) is 112 cm³/mol. The molecule has 8 heteroatoms. The number of benzene rings is 1. The Kier molecular flexibility index (Phi) is 6.76. The second-order valence-electron chi connectivity index (χ2n) is 6.74. The molecule has 0 aliphatic carbocycles. The molecule has 154 valence electrons. The Balaban J connectivity index is 1.71. The molecule has 3 aromatic rings. The number of hydrogen-bond acceptors (Lipinski definition) is 7. The summed E-state index contributed by atoms with van der Waals surface area (Å²) in [5.41, 5.74) is 3.41. The van der Waals surface area contributed by atoms with Crippen molar-refractivity contribution in [2.75, 3.05) is 26.6 Å². The van der Waals surface area contributed by atoms with E-state index in [4.69, 9.17) is 13.9 Å². The van der Waals surface area contributed by atoms with Gasteiger partial charge in [-0.15, -0.1) is 10.2 Å². The van der Waals surface area contributed by atoms with E-state index in [1.807, 2.05) is 44.2 Å².